The topological polar surface area (TPSA) is 40.5 Å². The first-order valence-corrected chi connectivity index (χ1v) is 3.73. The van der Waals surface area contributed by atoms with Crippen LogP contribution in [0.2, 0.25) is 0 Å². The molecule has 0 fully saturated rings. The van der Waals surface area contributed by atoms with E-state index in [-0.39, 0.29) is 0 Å². The summed E-state index contributed by atoms with van der Waals surface area (Å²) in [5, 5.41) is 17.8. The predicted molar refractivity (Wildman–Crippen MR) is 51.1 cm³/mol. The standard InChI is InChI=1S/C9H11BO2/c1-3-8-4-7(2)5-9(6-8)10(11)12/h3-6,11-12H,1H2,2H3. The highest BCUT2D eigenvalue weighted by Gasteiger charge is 2.10. The summed E-state index contributed by atoms with van der Waals surface area (Å²) in [6.45, 7) is 5.51. The third-order valence-electron chi connectivity index (χ3n) is 1.66. The van der Waals surface area contributed by atoms with E-state index in [2.05, 4.69) is 6.58 Å². The zero-order valence-electron chi connectivity index (χ0n) is 6.99. The normalized spacial score (nSPS) is 9.58. The second-order valence-electron chi connectivity index (χ2n) is 2.75. The molecule has 0 bridgehead atoms. The van der Waals surface area contributed by atoms with Crippen molar-refractivity contribution >= 4 is 18.7 Å². The summed E-state index contributed by atoms with van der Waals surface area (Å²) in [5.41, 5.74) is 2.40. The van der Waals surface area contributed by atoms with Crippen LogP contribution in [0.4, 0.5) is 0 Å². The highest BCUT2D eigenvalue weighted by molar-refractivity contribution is 6.58. The van der Waals surface area contributed by atoms with Gasteiger partial charge in [-0.05, 0) is 17.9 Å². The van der Waals surface area contributed by atoms with Gasteiger partial charge in [0.25, 0.3) is 0 Å². The lowest BCUT2D eigenvalue weighted by Crippen LogP contribution is -2.30. The maximum absolute atomic E-state index is 8.89. The van der Waals surface area contributed by atoms with E-state index in [4.69, 9.17) is 10.0 Å². The number of benzene rings is 1. The minimum absolute atomic E-state index is 0.505. The molecule has 2 N–H and O–H groups in total. The van der Waals surface area contributed by atoms with Crippen molar-refractivity contribution < 1.29 is 10.0 Å². The van der Waals surface area contributed by atoms with Gasteiger partial charge in [-0.25, -0.2) is 0 Å². The van der Waals surface area contributed by atoms with Crippen LogP contribution in [0.5, 0.6) is 0 Å². The van der Waals surface area contributed by atoms with E-state index in [1.54, 1.807) is 18.2 Å². The van der Waals surface area contributed by atoms with Crippen LogP contribution in [0.25, 0.3) is 6.08 Å². The molecule has 0 unspecified atom stereocenters. The molecular weight excluding hydrogens is 151 g/mol. The Bertz CT molecular complexity index is 295. The first-order valence-electron chi connectivity index (χ1n) is 3.73. The van der Waals surface area contributed by atoms with Crippen molar-refractivity contribution in [2.24, 2.45) is 0 Å². The number of aryl methyl sites for hydroxylation is 1. The SMILES string of the molecule is C=Cc1cc(C)cc(B(O)O)c1. The Hall–Kier alpha value is -1.06. The monoisotopic (exact) mass is 162 g/mol. The van der Waals surface area contributed by atoms with Crippen molar-refractivity contribution in [2.45, 2.75) is 6.92 Å². The molecule has 2 nitrogen and oxygen atoms in total. The van der Waals surface area contributed by atoms with Crippen molar-refractivity contribution in [1.82, 2.24) is 0 Å². The van der Waals surface area contributed by atoms with Crippen molar-refractivity contribution in [3.05, 3.63) is 35.9 Å². The Kier molecular flexibility index (Phi) is 2.68. The van der Waals surface area contributed by atoms with Crippen molar-refractivity contribution in [2.75, 3.05) is 0 Å². The second-order valence-corrected chi connectivity index (χ2v) is 2.75. The molecule has 0 aliphatic heterocycles. The quantitative estimate of drug-likeness (QED) is 0.614. The average molecular weight is 162 g/mol. The minimum atomic E-state index is -1.40. The fourth-order valence-corrected chi connectivity index (χ4v) is 1.11. The molecule has 0 amide bonds. The zero-order valence-corrected chi connectivity index (χ0v) is 6.99. The van der Waals surface area contributed by atoms with Gasteiger partial charge in [0.05, 0.1) is 0 Å². The summed E-state index contributed by atoms with van der Waals surface area (Å²) in [6.07, 6.45) is 1.68. The first kappa shape index (κ1) is 9.04. The molecular formula is C9H11BO2. The Labute approximate surface area is 72.3 Å². The zero-order chi connectivity index (χ0) is 9.14. The summed E-state index contributed by atoms with van der Waals surface area (Å²) in [4.78, 5) is 0. The molecule has 1 aromatic rings. The molecule has 0 saturated heterocycles. The van der Waals surface area contributed by atoms with Crippen LogP contribution in [0.15, 0.2) is 24.8 Å². The van der Waals surface area contributed by atoms with Gasteiger partial charge < -0.3 is 10.0 Å². The molecule has 0 heterocycles. The molecule has 1 aromatic carbocycles. The van der Waals surface area contributed by atoms with E-state index >= 15 is 0 Å². The van der Waals surface area contributed by atoms with Gasteiger partial charge in [0.15, 0.2) is 0 Å². The van der Waals surface area contributed by atoms with Gasteiger partial charge >= 0.3 is 7.12 Å². The van der Waals surface area contributed by atoms with Crippen LogP contribution in [-0.2, 0) is 0 Å². The Morgan fingerprint density at radius 2 is 2.00 bits per heavy atom. The average Bonchev–Trinajstić information content (AvgIpc) is 2.03. The molecule has 0 radical (unpaired) electrons. The van der Waals surface area contributed by atoms with Gasteiger partial charge in [-0.1, -0.05) is 36.4 Å². The fraction of sp³-hybridized carbons (Fsp3) is 0.111. The molecule has 1 rings (SSSR count). The van der Waals surface area contributed by atoms with E-state index in [1.807, 2.05) is 13.0 Å². The Morgan fingerprint density at radius 1 is 1.33 bits per heavy atom. The maximum Gasteiger partial charge on any atom is 0.488 e. The highest BCUT2D eigenvalue weighted by Crippen LogP contribution is 2.03. The lowest BCUT2D eigenvalue weighted by Gasteiger charge is -2.02. The Balaban J connectivity index is 3.14. The van der Waals surface area contributed by atoms with E-state index in [0.717, 1.165) is 11.1 Å². The van der Waals surface area contributed by atoms with Crippen LogP contribution >= 0.6 is 0 Å². The van der Waals surface area contributed by atoms with Gasteiger partial charge in [0.2, 0.25) is 0 Å². The number of hydrogen-bond donors (Lipinski definition) is 2. The van der Waals surface area contributed by atoms with Crippen LogP contribution in [-0.4, -0.2) is 17.2 Å². The highest BCUT2D eigenvalue weighted by atomic mass is 16.4. The smallest absolute Gasteiger partial charge is 0.423 e. The number of rotatable bonds is 2. The van der Waals surface area contributed by atoms with Gasteiger partial charge in [0.1, 0.15) is 0 Å². The molecule has 12 heavy (non-hydrogen) atoms. The predicted octanol–water partition coefficient (Wildman–Crippen LogP) is 0.318. The largest absolute Gasteiger partial charge is 0.488 e. The third-order valence-corrected chi connectivity index (χ3v) is 1.66. The van der Waals surface area contributed by atoms with E-state index in [0.29, 0.717) is 5.46 Å². The van der Waals surface area contributed by atoms with Gasteiger partial charge in [-0.2, -0.15) is 0 Å². The minimum Gasteiger partial charge on any atom is -0.423 e. The van der Waals surface area contributed by atoms with Gasteiger partial charge in [-0.3, -0.25) is 0 Å². The lowest BCUT2D eigenvalue weighted by molar-refractivity contribution is 0.425. The fourth-order valence-electron chi connectivity index (χ4n) is 1.11. The summed E-state index contributed by atoms with van der Waals surface area (Å²) in [7, 11) is -1.40. The van der Waals surface area contributed by atoms with Gasteiger partial charge in [-0.15, -0.1) is 0 Å². The summed E-state index contributed by atoms with van der Waals surface area (Å²) in [6, 6.07) is 5.36. The summed E-state index contributed by atoms with van der Waals surface area (Å²) < 4.78 is 0. The van der Waals surface area contributed by atoms with Crippen molar-refractivity contribution in [1.29, 1.82) is 0 Å². The molecule has 0 aromatic heterocycles. The first-order chi connectivity index (χ1) is 5.63. The summed E-state index contributed by atoms with van der Waals surface area (Å²) >= 11 is 0. The molecule has 0 spiro atoms. The maximum atomic E-state index is 8.89. The van der Waals surface area contributed by atoms with Crippen LogP contribution in [0.1, 0.15) is 11.1 Å². The van der Waals surface area contributed by atoms with E-state index in [1.165, 1.54) is 0 Å². The van der Waals surface area contributed by atoms with E-state index in [9.17, 15) is 0 Å². The molecule has 0 saturated carbocycles. The van der Waals surface area contributed by atoms with Crippen LogP contribution < -0.4 is 5.46 Å². The molecule has 62 valence electrons. The van der Waals surface area contributed by atoms with Crippen molar-refractivity contribution in [3.8, 4) is 0 Å². The third kappa shape index (κ3) is 1.97. The molecule has 0 aliphatic carbocycles. The Morgan fingerprint density at radius 3 is 2.50 bits per heavy atom. The molecule has 0 atom stereocenters. The summed E-state index contributed by atoms with van der Waals surface area (Å²) in [5.74, 6) is 0. The van der Waals surface area contributed by atoms with Crippen molar-refractivity contribution in [3.63, 3.8) is 0 Å². The lowest BCUT2D eigenvalue weighted by atomic mass is 9.79. The van der Waals surface area contributed by atoms with Crippen LogP contribution in [0.3, 0.4) is 0 Å². The van der Waals surface area contributed by atoms with Crippen LogP contribution in [0, 0.1) is 6.92 Å². The number of hydrogen-bond acceptors (Lipinski definition) is 2. The van der Waals surface area contributed by atoms with E-state index < -0.39 is 7.12 Å². The van der Waals surface area contributed by atoms with Gasteiger partial charge in [0, 0.05) is 0 Å². The molecule has 3 heteroatoms. The molecule has 0 aliphatic rings. The second kappa shape index (κ2) is 3.56.